The van der Waals surface area contributed by atoms with Gasteiger partial charge in [-0.05, 0) is 63.0 Å². The van der Waals surface area contributed by atoms with Crippen LogP contribution in [-0.2, 0) is 32.0 Å². The molecule has 0 radical (unpaired) electrons. The lowest BCUT2D eigenvalue weighted by molar-refractivity contribution is -0.145. The molecule has 4 N–H and O–H groups in total. The van der Waals surface area contributed by atoms with Gasteiger partial charge in [0.25, 0.3) is 0 Å². The standard InChI is InChI=1S/C36H54N4O7/c1-24(2)19-29(32(42)37-30(20-25(3)4)33(43)46-8)38-34(44)40(22-27-17-13-10-14-18-27)23-31(41)28(21-26-15-11-9-12-16-26)39-35(45)47-36(5,6)7/h9-18,24-25,28-31,41H,19-23H2,1-8H3,(H,37,42)(H,38,44)(H,39,45)/t28-,29-,30-,31+/m0/s1. The van der Waals surface area contributed by atoms with Crippen molar-refractivity contribution in [1.82, 2.24) is 20.9 Å². The van der Waals surface area contributed by atoms with Crippen molar-refractivity contribution in [2.24, 2.45) is 11.8 Å². The van der Waals surface area contributed by atoms with E-state index in [0.29, 0.717) is 12.8 Å². The number of carbonyl (C=O) groups excluding carboxylic acids is 4. The van der Waals surface area contributed by atoms with E-state index in [1.165, 1.54) is 12.0 Å². The number of nitrogens with zero attached hydrogens (tertiary/aromatic N) is 1. The van der Waals surface area contributed by atoms with Gasteiger partial charge in [0.2, 0.25) is 5.91 Å². The molecular weight excluding hydrogens is 600 g/mol. The summed E-state index contributed by atoms with van der Waals surface area (Å²) in [6.07, 6.45) is -0.923. The van der Waals surface area contributed by atoms with Crippen molar-refractivity contribution in [1.29, 1.82) is 0 Å². The maximum atomic E-state index is 13.9. The highest BCUT2D eigenvalue weighted by Gasteiger charge is 2.32. The Morgan fingerprint density at radius 2 is 1.32 bits per heavy atom. The number of alkyl carbamates (subject to hydrolysis) is 1. The maximum absolute atomic E-state index is 13.9. The van der Waals surface area contributed by atoms with Gasteiger partial charge < -0.3 is 35.4 Å². The Morgan fingerprint density at radius 1 is 0.787 bits per heavy atom. The van der Waals surface area contributed by atoms with E-state index >= 15 is 0 Å². The number of rotatable bonds is 16. The highest BCUT2D eigenvalue weighted by atomic mass is 16.6. The molecule has 0 heterocycles. The van der Waals surface area contributed by atoms with Crippen LogP contribution in [0.3, 0.4) is 0 Å². The summed E-state index contributed by atoms with van der Waals surface area (Å²) in [6, 6.07) is 15.5. The van der Waals surface area contributed by atoms with E-state index < -0.39 is 53.8 Å². The number of aliphatic hydroxyl groups excluding tert-OH is 1. The predicted octanol–water partition coefficient (Wildman–Crippen LogP) is 4.81. The van der Waals surface area contributed by atoms with Crippen LogP contribution in [0.4, 0.5) is 9.59 Å². The molecule has 0 saturated carbocycles. The van der Waals surface area contributed by atoms with Crippen molar-refractivity contribution in [3.8, 4) is 0 Å². The molecule has 2 aromatic carbocycles. The largest absolute Gasteiger partial charge is 0.467 e. The summed E-state index contributed by atoms with van der Waals surface area (Å²) in [6.45, 7) is 12.9. The highest BCUT2D eigenvalue weighted by Crippen LogP contribution is 2.15. The van der Waals surface area contributed by atoms with Crippen LogP contribution in [0.2, 0.25) is 0 Å². The van der Waals surface area contributed by atoms with Crippen molar-refractivity contribution in [3.63, 3.8) is 0 Å². The topological polar surface area (TPSA) is 146 Å². The van der Waals surface area contributed by atoms with Gasteiger partial charge in [-0.3, -0.25) is 4.79 Å². The van der Waals surface area contributed by atoms with Crippen LogP contribution >= 0.6 is 0 Å². The minimum atomic E-state index is -1.20. The molecule has 0 fully saturated rings. The Kier molecular flexibility index (Phi) is 15.7. The van der Waals surface area contributed by atoms with E-state index in [9.17, 15) is 24.3 Å². The first-order valence-corrected chi connectivity index (χ1v) is 16.3. The molecule has 4 amide bonds. The van der Waals surface area contributed by atoms with Crippen LogP contribution in [0.5, 0.6) is 0 Å². The molecule has 11 nitrogen and oxygen atoms in total. The summed E-state index contributed by atoms with van der Waals surface area (Å²) in [5.41, 5.74) is 0.934. The zero-order chi connectivity index (χ0) is 35.1. The monoisotopic (exact) mass is 654 g/mol. The Hall–Kier alpha value is -4.12. The second kappa shape index (κ2) is 18.9. The first kappa shape index (κ1) is 39.1. The average Bonchev–Trinajstić information content (AvgIpc) is 2.98. The van der Waals surface area contributed by atoms with Gasteiger partial charge in [0.1, 0.15) is 17.7 Å². The predicted molar refractivity (Wildman–Crippen MR) is 181 cm³/mol. The number of esters is 1. The van der Waals surface area contributed by atoms with E-state index in [0.717, 1.165) is 11.1 Å². The van der Waals surface area contributed by atoms with Gasteiger partial charge in [-0.1, -0.05) is 88.4 Å². The minimum absolute atomic E-state index is 0.0363. The lowest BCUT2D eigenvalue weighted by atomic mass is 10.00. The average molecular weight is 655 g/mol. The Morgan fingerprint density at radius 3 is 1.83 bits per heavy atom. The fraction of sp³-hybridized carbons (Fsp3) is 0.556. The van der Waals surface area contributed by atoms with Gasteiger partial charge in [0.05, 0.1) is 25.8 Å². The van der Waals surface area contributed by atoms with Crippen LogP contribution in [-0.4, -0.2) is 77.5 Å². The third kappa shape index (κ3) is 14.9. The second-order valence-electron chi connectivity index (χ2n) is 13.7. The molecule has 0 bridgehead atoms. The first-order chi connectivity index (χ1) is 22.1. The van der Waals surface area contributed by atoms with Gasteiger partial charge >= 0.3 is 18.1 Å². The normalized spacial score (nSPS) is 14.0. The number of aliphatic hydroxyl groups is 1. The van der Waals surface area contributed by atoms with Crippen LogP contribution < -0.4 is 16.0 Å². The smallest absolute Gasteiger partial charge is 0.407 e. The zero-order valence-corrected chi connectivity index (χ0v) is 29.1. The highest BCUT2D eigenvalue weighted by molar-refractivity contribution is 5.90. The summed E-state index contributed by atoms with van der Waals surface area (Å²) in [5.74, 6) is -0.915. The SMILES string of the molecule is COC(=O)[C@H](CC(C)C)NC(=O)[C@H](CC(C)C)NC(=O)N(Cc1ccccc1)C[C@@H](O)[C@H](Cc1ccccc1)NC(=O)OC(C)(C)C. The van der Waals surface area contributed by atoms with Crippen molar-refractivity contribution in [2.45, 2.75) is 104 Å². The van der Waals surface area contributed by atoms with Gasteiger partial charge in [0.15, 0.2) is 0 Å². The summed E-state index contributed by atoms with van der Waals surface area (Å²) in [5, 5.41) is 20.0. The van der Waals surface area contributed by atoms with Crippen LogP contribution in [0.15, 0.2) is 60.7 Å². The van der Waals surface area contributed by atoms with Gasteiger partial charge in [-0.25, -0.2) is 14.4 Å². The van der Waals surface area contributed by atoms with Crippen LogP contribution in [0.1, 0.15) is 72.4 Å². The number of ether oxygens (including phenoxy) is 2. The lowest BCUT2D eigenvalue weighted by Gasteiger charge is -2.32. The summed E-state index contributed by atoms with van der Waals surface area (Å²) in [4.78, 5) is 54.1. The Balaban J connectivity index is 2.36. The molecule has 0 aliphatic rings. The van der Waals surface area contributed by atoms with Crippen molar-refractivity contribution in [2.75, 3.05) is 13.7 Å². The summed E-state index contributed by atoms with van der Waals surface area (Å²) < 4.78 is 10.4. The van der Waals surface area contributed by atoms with E-state index in [-0.39, 0.29) is 31.3 Å². The molecule has 0 aliphatic heterocycles. The van der Waals surface area contributed by atoms with Gasteiger partial charge in [0, 0.05) is 6.54 Å². The number of urea groups is 1. The molecule has 2 rings (SSSR count). The van der Waals surface area contributed by atoms with E-state index in [1.54, 1.807) is 20.8 Å². The molecule has 0 aromatic heterocycles. The lowest BCUT2D eigenvalue weighted by Crippen LogP contribution is -2.57. The Labute approximate surface area is 279 Å². The number of methoxy groups -OCH3 is 1. The molecule has 0 aliphatic carbocycles. The van der Waals surface area contributed by atoms with Crippen LogP contribution in [0, 0.1) is 11.8 Å². The van der Waals surface area contributed by atoms with Crippen molar-refractivity contribution in [3.05, 3.63) is 71.8 Å². The number of amides is 4. The minimum Gasteiger partial charge on any atom is -0.467 e. The van der Waals surface area contributed by atoms with E-state index in [1.807, 2.05) is 88.4 Å². The number of hydrogen-bond acceptors (Lipinski definition) is 7. The number of nitrogens with one attached hydrogen (secondary N) is 3. The molecule has 47 heavy (non-hydrogen) atoms. The van der Waals surface area contributed by atoms with Crippen LogP contribution in [0.25, 0.3) is 0 Å². The third-order valence-corrected chi connectivity index (χ3v) is 7.21. The molecular formula is C36H54N4O7. The van der Waals surface area contributed by atoms with E-state index in [2.05, 4.69) is 16.0 Å². The first-order valence-electron chi connectivity index (χ1n) is 16.3. The number of benzene rings is 2. The molecule has 2 aromatic rings. The van der Waals surface area contributed by atoms with E-state index in [4.69, 9.17) is 9.47 Å². The van der Waals surface area contributed by atoms with Crippen molar-refractivity contribution < 1.29 is 33.8 Å². The molecule has 260 valence electrons. The second-order valence-corrected chi connectivity index (χ2v) is 13.7. The fourth-order valence-electron chi connectivity index (χ4n) is 5.03. The molecule has 0 spiro atoms. The van der Waals surface area contributed by atoms with Gasteiger partial charge in [-0.15, -0.1) is 0 Å². The summed E-state index contributed by atoms with van der Waals surface area (Å²) in [7, 11) is 1.27. The van der Waals surface area contributed by atoms with Gasteiger partial charge in [-0.2, -0.15) is 0 Å². The zero-order valence-electron chi connectivity index (χ0n) is 29.1. The number of hydrogen-bond donors (Lipinski definition) is 4. The quantitative estimate of drug-likeness (QED) is 0.190. The third-order valence-electron chi connectivity index (χ3n) is 7.21. The number of carbonyl (C=O) groups is 4. The maximum Gasteiger partial charge on any atom is 0.407 e. The molecule has 4 atom stereocenters. The Bertz CT molecular complexity index is 1270. The molecule has 0 unspecified atom stereocenters. The fourth-order valence-corrected chi connectivity index (χ4v) is 5.03. The summed E-state index contributed by atoms with van der Waals surface area (Å²) >= 11 is 0. The molecule has 11 heteroatoms. The van der Waals surface area contributed by atoms with Crippen molar-refractivity contribution >= 4 is 24.0 Å². The molecule has 0 saturated heterocycles.